The minimum Gasteiger partial charge on any atom is -0.469 e. The highest BCUT2D eigenvalue weighted by molar-refractivity contribution is 7.13. The first-order valence-electron chi connectivity index (χ1n) is 6.32. The third-order valence-electron chi connectivity index (χ3n) is 3.48. The van der Waals surface area contributed by atoms with Gasteiger partial charge in [-0.05, 0) is 26.7 Å². The van der Waals surface area contributed by atoms with Crippen LogP contribution in [-0.2, 0) is 16.0 Å². The molecule has 0 unspecified atom stereocenters. The summed E-state index contributed by atoms with van der Waals surface area (Å²) < 4.78 is 4.64. The number of aromatic nitrogens is 1. The lowest BCUT2D eigenvalue weighted by Gasteiger charge is -2.31. The number of hydrogen-bond acceptors (Lipinski definition) is 5. The summed E-state index contributed by atoms with van der Waals surface area (Å²) in [6.07, 6.45) is 3.51. The van der Waals surface area contributed by atoms with Crippen molar-refractivity contribution in [2.24, 2.45) is 0 Å². The Kier molecular flexibility index (Phi) is 3.90. The number of aryl methyl sites for hydroxylation is 1. The maximum Gasteiger partial charge on any atom is 0.305 e. The van der Waals surface area contributed by atoms with Crippen molar-refractivity contribution in [1.29, 1.82) is 0 Å². The molecule has 4 nitrogen and oxygen atoms in total. The van der Waals surface area contributed by atoms with Crippen LogP contribution in [0.15, 0.2) is 5.38 Å². The molecule has 0 bridgehead atoms. The average molecular weight is 268 g/mol. The van der Waals surface area contributed by atoms with Crippen molar-refractivity contribution in [3.8, 4) is 0 Å². The number of anilines is 1. The van der Waals surface area contributed by atoms with Crippen LogP contribution in [0.2, 0.25) is 0 Å². The second kappa shape index (κ2) is 5.26. The van der Waals surface area contributed by atoms with Crippen molar-refractivity contribution >= 4 is 22.4 Å². The number of carbonyl (C=O) groups excluding carboxylic acids is 1. The van der Waals surface area contributed by atoms with E-state index in [9.17, 15) is 4.79 Å². The van der Waals surface area contributed by atoms with Crippen LogP contribution >= 0.6 is 11.3 Å². The Balaban J connectivity index is 2.00. The minimum absolute atomic E-state index is 0.175. The molecule has 1 saturated heterocycles. The van der Waals surface area contributed by atoms with Crippen molar-refractivity contribution in [2.45, 2.75) is 45.1 Å². The van der Waals surface area contributed by atoms with Gasteiger partial charge in [0.2, 0.25) is 0 Å². The van der Waals surface area contributed by atoms with Crippen molar-refractivity contribution in [2.75, 3.05) is 18.6 Å². The number of hydrogen-bond donors (Lipinski definition) is 0. The summed E-state index contributed by atoms with van der Waals surface area (Å²) in [4.78, 5) is 18.1. The molecule has 0 N–H and O–H groups in total. The van der Waals surface area contributed by atoms with Gasteiger partial charge in [-0.15, -0.1) is 11.3 Å². The first-order chi connectivity index (χ1) is 8.53. The van der Waals surface area contributed by atoms with Crippen LogP contribution in [0, 0.1) is 0 Å². The number of thiazole rings is 1. The Morgan fingerprint density at radius 1 is 1.61 bits per heavy atom. The van der Waals surface area contributed by atoms with E-state index < -0.39 is 0 Å². The van der Waals surface area contributed by atoms with E-state index in [0.717, 1.165) is 17.4 Å². The van der Waals surface area contributed by atoms with Crippen molar-refractivity contribution < 1.29 is 9.53 Å². The maximum atomic E-state index is 11.1. The molecule has 5 heteroatoms. The van der Waals surface area contributed by atoms with Crippen LogP contribution in [0.5, 0.6) is 0 Å². The van der Waals surface area contributed by atoms with E-state index in [-0.39, 0.29) is 11.5 Å². The standard InChI is InChI=1S/C13H20N2O2S/c1-13(2)7-4-8-15(13)12-14-10(9-18-12)5-6-11(16)17-3/h9H,4-8H2,1-3H3. The predicted octanol–water partition coefficient (Wildman–Crippen LogP) is 2.63. The molecule has 0 saturated carbocycles. The molecule has 1 aliphatic heterocycles. The lowest BCUT2D eigenvalue weighted by Crippen LogP contribution is -2.38. The zero-order chi connectivity index (χ0) is 13.2. The first-order valence-corrected chi connectivity index (χ1v) is 7.20. The molecule has 0 atom stereocenters. The fourth-order valence-corrected chi connectivity index (χ4v) is 3.38. The maximum absolute atomic E-state index is 11.1. The highest BCUT2D eigenvalue weighted by Crippen LogP contribution is 2.35. The van der Waals surface area contributed by atoms with Crippen LogP contribution in [-0.4, -0.2) is 30.1 Å². The average Bonchev–Trinajstić information content (AvgIpc) is 2.91. The highest BCUT2D eigenvalue weighted by Gasteiger charge is 2.33. The van der Waals surface area contributed by atoms with E-state index in [2.05, 4.69) is 28.5 Å². The van der Waals surface area contributed by atoms with Crippen LogP contribution < -0.4 is 4.90 Å². The van der Waals surface area contributed by atoms with Gasteiger partial charge in [0.05, 0.1) is 19.2 Å². The molecule has 0 aliphatic carbocycles. The number of ether oxygens (including phenoxy) is 1. The van der Waals surface area contributed by atoms with E-state index >= 15 is 0 Å². The Morgan fingerprint density at radius 3 is 3.00 bits per heavy atom. The first kappa shape index (κ1) is 13.3. The molecule has 0 spiro atoms. The van der Waals surface area contributed by atoms with E-state index in [1.54, 1.807) is 11.3 Å². The second-order valence-corrected chi connectivity index (χ2v) is 6.10. The van der Waals surface area contributed by atoms with Crippen molar-refractivity contribution in [3.63, 3.8) is 0 Å². The molecule has 0 amide bonds. The molecule has 18 heavy (non-hydrogen) atoms. The molecule has 2 heterocycles. The summed E-state index contributed by atoms with van der Waals surface area (Å²) >= 11 is 1.67. The zero-order valence-electron chi connectivity index (χ0n) is 11.2. The molecule has 1 fully saturated rings. The van der Waals surface area contributed by atoms with E-state index in [0.29, 0.717) is 12.8 Å². The molecule has 1 aromatic heterocycles. The van der Waals surface area contributed by atoms with Gasteiger partial charge in [0, 0.05) is 23.9 Å². The lowest BCUT2D eigenvalue weighted by molar-refractivity contribution is -0.140. The predicted molar refractivity (Wildman–Crippen MR) is 73.1 cm³/mol. The molecule has 0 aromatic carbocycles. The van der Waals surface area contributed by atoms with Gasteiger partial charge in [-0.2, -0.15) is 0 Å². The third-order valence-corrected chi connectivity index (χ3v) is 4.40. The molecule has 2 rings (SSSR count). The van der Waals surface area contributed by atoms with Gasteiger partial charge in [-0.3, -0.25) is 4.79 Å². The van der Waals surface area contributed by atoms with Gasteiger partial charge < -0.3 is 9.64 Å². The topological polar surface area (TPSA) is 42.4 Å². The Hall–Kier alpha value is -1.10. The SMILES string of the molecule is COC(=O)CCc1csc(N2CCCC2(C)C)n1. The smallest absolute Gasteiger partial charge is 0.305 e. The number of nitrogens with zero attached hydrogens (tertiary/aromatic N) is 2. The van der Waals surface area contributed by atoms with Gasteiger partial charge in [0.1, 0.15) is 0 Å². The highest BCUT2D eigenvalue weighted by atomic mass is 32.1. The third kappa shape index (κ3) is 2.83. The monoisotopic (exact) mass is 268 g/mol. The van der Waals surface area contributed by atoms with Crippen LogP contribution in [0.4, 0.5) is 5.13 Å². The van der Waals surface area contributed by atoms with Crippen LogP contribution in [0.25, 0.3) is 0 Å². The van der Waals surface area contributed by atoms with Crippen LogP contribution in [0.1, 0.15) is 38.8 Å². The fraction of sp³-hybridized carbons (Fsp3) is 0.692. The van der Waals surface area contributed by atoms with Crippen molar-refractivity contribution in [1.82, 2.24) is 4.98 Å². The van der Waals surface area contributed by atoms with E-state index in [1.807, 2.05) is 5.38 Å². The zero-order valence-corrected chi connectivity index (χ0v) is 12.0. The molecule has 0 radical (unpaired) electrons. The van der Waals surface area contributed by atoms with Crippen LogP contribution in [0.3, 0.4) is 0 Å². The summed E-state index contributed by atoms with van der Waals surface area (Å²) in [7, 11) is 1.42. The molecule has 1 aromatic rings. The van der Waals surface area contributed by atoms with Gasteiger partial charge in [0.15, 0.2) is 5.13 Å². The van der Waals surface area contributed by atoms with E-state index in [1.165, 1.54) is 20.0 Å². The summed E-state index contributed by atoms with van der Waals surface area (Å²) in [5.74, 6) is -0.175. The lowest BCUT2D eigenvalue weighted by atomic mass is 10.0. The quantitative estimate of drug-likeness (QED) is 0.787. The van der Waals surface area contributed by atoms with Gasteiger partial charge in [-0.25, -0.2) is 4.98 Å². The molecular weight excluding hydrogens is 248 g/mol. The Morgan fingerprint density at radius 2 is 2.39 bits per heavy atom. The van der Waals surface area contributed by atoms with Crippen molar-refractivity contribution in [3.05, 3.63) is 11.1 Å². The molecule has 100 valence electrons. The Bertz CT molecular complexity index is 428. The largest absolute Gasteiger partial charge is 0.469 e. The molecular formula is C13H20N2O2S. The molecule has 1 aliphatic rings. The summed E-state index contributed by atoms with van der Waals surface area (Å²) in [6, 6.07) is 0. The number of methoxy groups -OCH3 is 1. The van der Waals surface area contributed by atoms with Gasteiger partial charge in [-0.1, -0.05) is 0 Å². The summed E-state index contributed by atoms with van der Waals surface area (Å²) in [5, 5.41) is 3.13. The Labute approximate surface area is 112 Å². The number of carbonyl (C=O) groups is 1. The number of rotatable bonds is 4. The minimum atomic E-state index is -0.175. The second-order valence-electron chi connectivity index (χ2n) is 5.27. The van der Waals surface area contributed by atoms with Gasteiger partial charge in [0.25, 0.3) is 0 Å². The van der Waals surface area contributed by atoms with E-state index in [4.69, 9.17) is 0 Å². The van der Waals surface area contributed by atoms with Gasteiger partial charge >= 0.3 is 5.97 Å². The fourth-order valence-electron chi connectivity index (χ4n) is 2.33. The summed E-state index contributed by atoms with van der Waals surface area (Å²) in [5.41, 5.74) is 1.19. The number of esters is 1. The normalized spacial score (nSPS) is 18.1. The summed E-state index contributed by atoms with van der Waals surface area (Å²) in [6.45, 7) is 5.60.